The average Bonchev–Trinajstić information content (AvgIpc) is 3.07. The molecule has 0 spiro atoms. The molecule has 0 bridgehead atoms. The molecule has 1 aromatic carbocycles. The van der Waals surface area contributed by atoms with E-state index in [2.05, 4.69) is 66.4 Å². The summed E-state index contributed by atoms with van der Waals surface area (Å²) in [7, 11) is 9.32. The molecule has 0 saturated carbocycles. The molecule has 29 heavy (non-hydrogen) atoms. The van der Waals surface area contributed by atoms with Crippen molar-refractivity contribution in [3.63, 3.8) is 0 Å². The molecule has 1 aliphatic rings. The number of hydrogen-bond acceptors (Lipinski definition) is 5. The van der Waals surface area contributed by atoms with Crippen LogP contribution in [0.4, 0.5) is 0 Å². The fraction of sp³-hybridized carbons (Fsp3) is 0.682. The van der Waals surface area contributed by atoms with Gasteiger partial charge < -0.3 is 25.0 Å². The highest BCUT2D eigenvalue weighted by Crippen LogP contribution is 2.31. The first-order valence-corrected chi connectivity index (χ1v) is 10.4. The Morgan fingerprint density at radius 1 is 1.21 bits per heavy atom. The van der Waals surface area contributed by atoms with E-state index in [0.29, 0.717) is 18.0 Å². The average molecular weight is 406 g/mol. The van der Waals surface area contributed by atoms with Crippen molar-refractivity contribution in [3.8, 4) is 11.5 Å². The zero-order chi connectivity index (χ0) is 21.6. The predicted molar refractivity (Wildman–Crippen MR) is 120 cm³/mol. The number of nitrogens with zero attached hydrogens (tertiary/aromatic N) is 3. The molecule has 7 heteroatoms. The van der Waals surface area contributed by atoms with Crippen LogP contribution < -0.4 is 20.1 Å². The maximum atomic E-state index is 5.48. The van der Waals surface area contributed by atoms with E-state index in [0.717, 1.165) is 42.7 Å². The van der Waals surface area contributed by atoms with Gasteiger partial charge in [0.1, 0.15) is 0 Å². The standard InChI is InChI=1S/C22H39N5O2/c1-15(2)27-13-16(3)18(14-27)25-22(23-4)24-12-19(26(5)6)17-9-10-20(28-7)21(11-17)29-8/h9-11,15-16,18-19H,12-14H2,1-8H3,(H2,23,24,25). The summed E-state index contributed by atoms with van der Waals surface area (Å²) in [6.45, 7) is 9.72. The highest BCUT2D eigenvalue weighted by Gasteiger charge is 2.31. The molecule has 0 aliphatic carbocycles. The molecular formula is C22H39N5O2. The minimum atomic E-state index is 0.168. The monoisotopic (exact) mass is 405 g/mol. The molecule has 0 radical (unpaired) electrons. The molecule has 1 aliphatic heterocycles. The van der Waals surface area contributed by atoms with Crippen LogP contribution in [-0.4, -0.2) is 82.8 Å². The number of nitrogens with one attached hydrogen (secondary N) is 2. The number of hydrogen-bond donors (Lipinski definition) is 2. The summed E-state index contributed by atoms with van der Waals surface area (Å²) < 4.78 is 10.8. The molecule has 1 saturated heterocycles. The van der Waals surface area contributed by atoms with Gasteiger partial charge in [0.15, 0.2) is 17.5 Å². The molecule has 3 atom stereocenters. The molecule has 1 aromatic rings. The van der Waals surface area contributed by atoms with Gasteiger partial charge in [0.2, 0.25) is 0 Å². The number of methoxy groups -OCH3 is 2. The summed E-state index contributed by atoms with van der Waals surface area (Å²) in [5.74, 6) is 2.92. The van der Waals surface area contributed by atoms with Crippen LogP contribution in [-0.2, 0) is 0 Å². The first-order chi connectivity index (χ1) is 13.8. The van der Waals surface area contributed by atoms with Crippen LogP contribution in [0, 0.1) is 5.92 Å². The van der Waals surface area contributed by atoms with Crippen molar-refractivity contribution < 1.29 is 9.47 Å². The minimum Gasteiger partial charge on any atom is -0.493 e. The Balaban J connectivity index is 2.04. The van der Waals surface area contributed by atoms with E-state index in [4.69, 9.17) is 9.47 Å². The van der Waals surface area contributed by atoms with E-state index in [1.807, 2.05) is 19.2 Å². The maximum absolute atomic E-state index is 5.48. The van der Waals surface area contributed by atoms with Gasteiger partial charge in [-0.15, -0.1) is 0 Å². The minimum absolute atomic E-state index is 0.168. The van der Waals surface area contributed by atoms with Gasteiger partial charge in [-0.3, -0.25) is 9.89 Å². The van der Waals surface area contributed by atoms with Crippen molar-refractivity contribution in [2.45, 2.75) is 38.9 Å². The molecule has 1 heterocycles. The lowest BCUT2D eigenvalue weighted by atomic mass is 10.0. The van der Waals surface area contributed by atoms with Gasteiger partial charge in [-0.1, -0.05) is 13.0 Å². The van der Waals surface area contributed by atoms with E-state index < -0.39 is 0 Å². The number of ether oxygens (including phenoxy) is 2. The van der Waals surface area contributed by atoms with E-state index in [9.17, 15) is 0 Å². The normalized spacial score (nSPS) is 21.5. The van der Waals surface area contributed by atoms with Gasteiger partial charge in [0, 0.05) is 38.8 Å². The molecule has 7 nitrogen and oxygen atoms in total. The molecule has 0 aromatic heterocycles. The lowest BCUT2D eigenvalue weighted by molar-refractivity contribution is 0.265. The van der Waals surface area contributed by atoms with Crippen LogP contribution in [0.25, 0.3) is 0 Å². The number of rotatable bonds is 8. The largest absolute Gasteiger partial charge is 0.493 e. The second kappa shape index (κ2) is 10.7. The van der Waals surface area contributed by atoms with Gasteiger partial charge in [-0.25, -0.2) is 0 Å². The maximum Gasteiger partial charge on any atom is 0.191 e. The zero-order valence-electron chi connectivity index (χ0n) is 19.3. The van der Waals surface area contributed by atoms with Crippen LogP contribution in [0.1, 0.15) is 32.4 Å². The Morgan fingerprint density at radius 2 is 1.90 bits per heavy atom. The Labute approximate surface area is 176 Å². The number of guanidine groups is 1. The van der Waals surface area contributed by atoms with Crippen molar-refractivity contribution in [1.29, 1.82) is 0 Å². The molecule has 2 rings (SSSR count). The highest BCUT2D eigenvalue weighted by atomic mass is 16.5. The van der Waals surface area contributed by atoms with Crippen molar-refractivity contribution in [2.24, 2.45) is 10.9 Å². The third kappa shape index (κ3) is 6.00. The molecule has 0 amide bonds. The summed E-state index contributed by atoms with van der Waals surface area (Å²) in [4.78, 5) is 9.17. The van der Waals surface area contributed by atoms with Gasteiger partial charge in [0.25, 0.3) is 0 Å². The Bertz CT molecular complexity index is 677. The van der Waals surface area contributed by atoms with E-state index in [1.54, 1.807) is 14.2 Å². The van der Waals surface area contributed by atoms with Crippen LogP contribution in [0.15, 0.2) is 23.2 Å². The second-order valence-electron chi connectivity index (χ2n) is 8.32. The van der Waals surface area contributed by atoms with Crippen LogP contribution in [0.3, 0.4) is 0 Å². The quantitative estimate of drug-likeness (QED) is 0.511. The molecule has 2 N–H and O–H groups in total. The Hall–Kier alpha value is -1.99. The summed E-state index contributed by atoms with van der Waals surface area (Å²) in [6, 6.07) is 7.23. The van der Waals surface area contributed by atoms with Crippen molar-refractivity contribution in [3.05, 3.63) is 23.8 Å². The third-order valence-electron chi connectivity index (χ3n) is 5.80. The fourth-order valence-electron chi connectivity index (χ4n) is 3.84. The smallest absolute Gasteiger partial charge is 0.191 e. The lowest BCUT2D eigenvalue weighted by Gasteiger charge is -2.28. The van der Waals surface area contributed by atoms with E-state index >= 15 is 0 Å². The fourth-order valence-corrected chi connectivity index (χ4v) is 3.84. The first-order valence-electron chi connectivity index (χ1n) is 10.4. The Kier molecular flexibility index (Phi) is 8.59. The van der Waals surface area contributed by atoms with Crippen LogP contribution in [0.2, 0.25) is 0 Å². The summed E-state index contributed by atoms with van der Waals surface area (Å²) in [5, 5.41) is 7.13. The van der Waals surface area contributed by atoms with Gasteiger partial charge in [-0.05, 0) is 51.6 Å². The number of likely N-dealkylation sites (tertiary alicyclic amines) is 1. The summed E-state index contributed by atoms with van der Waals surface area (Å²) in [5.41, 5.74) is 1.16. The topological polar surface area (TPSA) is 61.4 Å². The summed E-state index contributed by atoms with van der Waals surface area (Å²) >= 11 is 0. The Morgan fingerprint density at radius 3 is 2.41 bits per heavy atom. The molecular weight excluding hydrogens is 366 g/mol. The van der Waals surface area contributed by atoms with Crippen molar-refractivity contribution in [2.75, 3.05) is 55.0 Å². The van der Waals surface area contributed by atoms with E-state index in [1.165, 1.54) is 0 Å². The first kappa shape index (κ1) is 23.3. The predicted octanol–water partition coefficient (Wildman–Crippen LogP) is 2.20. The zero-order valence-corrected chi connectivity index (χ0v) is 19.3. The molecule has 164 valence electrons. The van der Waals surface area contributed by atoms with Gasteiger partial charge in [0.05, 0.1) is 20.3 Å². The number of aliphatic imine (C=N–C) groups is 1. The SMILES string of the molecule is CN=C(NCC(c1ccc(OC)c(OC)c1)N(C)C)NC1CN(C(C)C)CC1C. The van der Waals surface area contributed by atoms with Gasteiger partial charge in [-0.2, -0.15) is 0 Å². The second-order valence-corrected chi connectivity index (χ2v) is 8.32. The van der Waals surface area contributed by atoms with E-state index in [-0.39, 0.29) is 6.04 Å². The van der Waals surface area contributed by atoms with Crippen LogP contribution in [0.5, 0.6) is 11.5 Å². The van der Waals surface area contributed by atoms with Crippen molar-refractivity contribution >= 4 is 5.96 Å². The molecule has 1 fully saturated rings. The van der Waals surface area contributed by atoms with Crippen molar-refractivity contribution in [1.82, 2.24) is 20.4 Å². The number of benzene rings is 1. The summed E-state index contributed by atoms with van der Waals surface area (Å²) in [6.07, 6.45) is 0. The third-order valence-corrected chi connectivity index (χ3v) is 5.80. The molecule has 3 unspecified atom stereocenters. The number of likely N-dealkylation sites (N-methyl/N-ethyl adjacent to an activating group) is 1. The van der Waals surface area contributed by atoms with Crippen LogP contribution >= 0.6 is 0 Å². The highest BCUT2D eigenvalue weighted by molar-refractivity contribution is 5.80. The lowest BCUT2D eigenvalue weighted by Crippen LogP contribution is -2.48. The van der Waals surface area contributed by atoms with Gasteiger partial charge >= 0.3 is 0 Å².